The summed E-state index contributed by atoms with van der Waals surface area (Å²) in [5.74, 6) is 6.52. The highest BCUT2D eigenvalue weighted by molar-refractivity contribution is 6.30. The van der Waals surface area contributed by atoms with Crippen LogP contribution in [0.1, 0.15) is 22.6 Å². The molecule has 4 nitrogen and oxygen atoms in total. The van der Waals surface area contributed by atoms with Crippen LogP contribution in [0.4, 0.5) is 4.79 Å². The van der Waals surface area contributed by atoms with Crippen LogP contribution in [0.3, 0.4) is 0 Å². The summed E-state index contributed by atoms with van der Waals surface area (Å²) in [5.41, 5.74) is 5.48. The summed E-state index contributed by atoms with van der Waals surface area (Å²) in [6.07, 6.45) is -0.491. The lowest BCUT2D eigenvalue weighted by atomic mass is 9.98. The highest BCUT2D eigenvalue weighted by Gasteiger charge is 2.28. The third kappa shape index (κ3) is 4.27. The molecule has 0 aliphatic heterocycles. The van der Waals surface area contributed by atoms with Crippen molar-refractivity contribution in [1.82, 2.24) is 5.32 Å². The highest BCUT2D eigenvalue weighted by atomic mass is 35.5. The number of fused-ring (bicyclic) bond motifs is 3. The minimum absolute atomic E-state index is 0.0353. The Hall–Kier alpha value is -3.42. The number of halogens is 1. The predicted molar refractivity (Wildman–Crippen MR) is 118 cm³/mol. The van der Waals surface area contributed by atoms with Crippen molar-refractivity contribution in [2.75, 3.05) is 20.3 Å². The second kappa shape index (κ2) is 8.94. The average Bonchev–Trinajstić information content (AvgIpc) is 3.09. The number of carbonyl (C=O) groups is 1. The van der Waals surface area contributed by atoms with E-state index in [1.807, 2.05) is 24.3 Å². The number of amides is 1. The lowest BCUT2D eigenvalue weighted by Crippen LogP contribution is -2.26. The summed E-state index contributed by atoms with van der Waals surface area (Å²) < 4.78 is 10.7. The smallest absolute Gasteiger partial charge is 0.407 e. The van der Waals surface area contributed by atoms with Crippen LogP contribution in [0.2, 0.25) is 5.02 Å². The van der Waals surface area contributed by atoms with Gasteiger partial charge in [-0.3, -0.25) is 0 Å². The first-order valence-electron chi connectivity index (χ1n) is 9.58. The minimum Gasteiger partial charge on any atom is -0.497 e. The summed E-state index contributed by atoms with van der Waals surface area (Å²) in [6.45, 7) is 0.449. The maximum absolute atomic E-state index is 12.1. The van der Waals surface area contributed by atoms with Crippen LogP contribution in [0, 0.1) is 11.8 Å². The van der Waals surface area contributed by atoms with Gasteiger partial charge in [-0.1, -0.05) is 72.0 Å². The number of carbonyl (C=O) groups excluding carboxylic acids is 1. The van der Waals surface area contributed by atoms with Gasteiger partial charge in [-0.05, 0) is 40.5 Å². The van der Waals surface area contributed by atoms with Crippen LogP contribution >= 0.6 is 11.6 Å². The molecule has 0 bridgehead atoms. The summed E-state index contributed by atoms with van der Waals surface area (Å²) in [6, 6.07) is 21.7. The molecule has 0 atom stereocenters. The Morgan fingerprint density at radius 1 is 1.03 bits per heavy atom. The zero-order chi connectivity index (χ0) is 20.9. The molecule has 3 aromatic rings. The largest absolute Gasteiger partial charge is 0.497 e. The van der Waals surface area contributed by atoms with Gasteiger partial charge in [-0.15, -0.1) is 0 Å². The van der Waals surface area contributed by atoms with Crippen LogP contribution in [0.5, 0.6) is 5.75 Å². The van der Waals surface area contributed by atoms with Gasteiger partial charge in [0, 0.05) is 16.5 Å². The Bertz CT molecular complexity index is 1100. The van der Waals surface area contributed by atoms with E-state index in [-0.39, 0.29) is 19.1 Å². The maximum Gasteiger partial charge on any atom is 0.407 e. The van der Waals surface area contributed by atoms with E-state index in [9.17, 15) is 4.79 Å². The van der Waals surface area contributed by atoms with Crippen LogP contribution in [0.15, 0.2) is 66.7 Å². The molecule has 3 aromatic carbocycles. The molecule has 1 aliphatic rings. The summed E-state index contributed by atoms with van der Waals surface area (Å²) >= 11 is 6.03. The molecule has 150 valence electrons. The Morgan fingerprint density at radius 2 is 1.70 bits per heavy atom. The maximum atomic E-state index is 12.1. The number of rotatable bonds is 4. The summed E-state index contributed by atoms with van der Waals surface area (Å²) in [4.78, 5) is 12.1. The van der Waals surface area contributed by atoms with Crippen molar-refractivity contribution in [3.8, 4) is 28.7 Å². The first-order chi connectivity index (χ1) is 14.7. The van der Waals surface area contributed by atoms with Crippen LogP contribution in [0.25, 0.3) is 11.1 Å². The SMILES string of the molecule is COc1cc(Cl)cc(C#CCNC(=O)OCC2c3ccccc3-c3ccccc32)c1. The molecule has 4 rings (SSSR count). The van der Waals surface area contributed by atoms with E-state index in [1.54, 1.807) is 25.3 Å². The number of ether oxygens (including phenoxy) is 2. The van der Waals surface area contributed by atoms with Gasteiger partial charge in [0.25, 0.3) is 0 Å². The van der Waals surface area contributed by atoms with Gasteiger partial charge in [0.1, 0.15) is 12.4 Å². The van der Waals surface area contributed by atoms with Gasteiger partial charge < -0.3 is 14.8 Å². The first kappa shape index (κ1) is 19.9. The fourth-order valence-electron chi connectivity index (χ4n) is 3.66. The van der Waals surface area contributed by atoms with E-state index < -0.39 is 6.09 Å². The van der Waals surface area contributed by atoms with E-state index in [4.69, 9.17) is 21.1 Å². The van der Waals surface area contributed by atoms with Gasteiger partial charge in [0.05, 0.1) is 13.7 Å². The third-order valence-electron chi connectivity index (χ3n) is 5.00. The van der Waals surface area contributed by atoms with E-state index in [1.165, 1.54) is 22.3 Å². The van der Waals surface area contributed by atoms with Crippen molar-refractivity contribution in [3.63, 3.8) is 0 Å². The second-order valence-electron chi connectivity index (χ2n) is 6.86. The molecule has 30 heavy (non-hydrogen) atoms. The number of methoxy groups -OCH3 is 1. The Balaban J connectivity index is 1.35. The standard InChI is InChI=1S/C25H20ClNO3/c1-29-19-14-17(13-18(26)15-19)7-6-12-27-25(28)30-16-24-22-10-4-2-8-20(22)21-9-3-5-11-23(21)24/h2-5,8-11,13-15,24H,12,16H2,1H3,(H,27,28). The van der Waals surface area contributed by atoms with Gasteiger partial charge in [-0.2, -0.15) is 0 Å². The molecule has 0 fully saturated rings. The number of benzene rings is 3. The quantitative estimate of drug-likeness (QED) is 0.590. The number of hydrogen-bond donors (Lipinski definition) is 1. The molecule has 1 N–H and O–H groups in total. The molecular formula is C25H20ClNO3. The molecule has 0 aromatic heterocycles. The van der Waals surface area contributed by atoms with E-state index >= 15 is 0 Å². The van der Waals surface area contributed by atoms with Crippen LogP contribution in [-0.4, -0.2) is 26.4 Å². The fourth-order valence-corrected chi connectivity index (χ4v) is 3.89. The molecule has 1 amide bonds. The highest BCUT2D eigenvalue weighted by Crippen LogP contribution is 2.44. The monoisotopic (exact) mass is 417 g/mol. The second-order valence-corrected chi connectivity index (χ2v) is 7.30. The molecule has 0 saturated heterocycles. The van der Waals surface area contributed by atoms with Crippen molar-refractivity contribution in [2.45, 2.75) is 5.92 Å². The average molecular weight is 418 g/mol. The van der Waals surface area contributed by atoms with Crippen molar-refractivity contribution >= 4 is 17.7 Å². The van der Waals surface area contributed by atoms with Gasteiger partial charge in [-0.25, -0.2) is 4.79 Å². The summed E-state index contributed by atoms with van der Waals surface area (Å²) in [5, 5.41) is 3.21. The van der Waals surface area contributed by atoms with Crippen LogP contribution in [-0.2, 0) is 4.74 Å². The molecule has 1 aliphatic carbocycles. The molecule has 5 heteroatoms. The number of alkyl carbamates (subject to hydrolysis) is 1. The zero-order valence-corrected chi connectivity index (χ0v) is 17.2. The third-order valence-corrected chi connectivity index (χ3v) is 5.22. The van der Waals surface area contributed by atoms with Crippen molar-refractivity contribution < 1.29 is 14.3 Å². The molecular weight excluding hydrogens is 398 g/mol. The predicted octanol–water partition coefficient (Wildman–Crippen LogP) is 5.24. The van der Waals surface area contributed by atoms with Crippen molar-refractivity contribution in [2.24, 2.45) is 0 Å². The van der Waals surface area contributed by atoms with Crippen molar-refractivity contribution in [3.05, 3.63) is 88.4 Å². The Labute approximate surface area is 180 Å². The van der Waals surface area contributed by atoms with Crippen molar-refractivity contribution in [1.29, 1.82) is 0 Å². The lowest BCUT2D eigenvalue weighted by molar-refractivity contribution is 0.144. The zero-order valence-electron chi connectivity index (χ0n) is 16.4. The molecule has 0 saturated carbocycles. The van der Waals surface area contributed by atoms with E-state index in [2.05, 4.69) is 41.4 Å². The fraction of sp³-hybridized carbons (Fsp3) is 0.160. The molecule has 0 radical (unpaired) electrons. The Kier molecular flexibility index (Phi) is 5.92. The first-order valence-corrected chi connectivity index (χ1v) is 9.96. The molecule has 0 unspecified atom stereocenters. The van der Waals surface area contributed by atoms with Gasteiger partial charge >= 0.3 is 6.09 Å². The molecule has 0 heterocycles. The summed E-state index contributed by atoms with van der Waals surface area (Å²) in [7, 11) is 1.57. The Morgan fingerprint density at radius 3 is 2.37 bits per heavy atom. The van der Waals surface area contributed by atoms with E-state index in [0.717, 1.165) is 0 Å². The number of hydrogen-bond acceptors (Lipinski definition) is 3. The minimum atomic E-state index is -0.491. The topological polar surface area (TPSA) is 47.6 Å². The molecule has 0 spiro atoms. The van der Waals surface area contributed by atoms with Crippen LogP contribution < -0.4 is 10.1 Å². The number of nitrogens with one attached hydrogen (secondary N) is 1. The lowest BCUT2D eigenvalue weighted by Gasteiger charge is -2.14. The normalized spacial score (nSPS) is 11.7. The van der Waals surface area contributed by atoms with E-state index in [0.29, 0.717) is 16.3 Å². The van der Waals surface area contributed by atoms with Gasteiger partial charge in [0.2, 0.25) is 0 Å². The van der Waals surface area contributed by atoms with Gasteiger partial charge in [0.15, 0.2) is 0 Å².